The summed E-state index contributed by atoms with van der Waals surface area (Å²) in [6, 6.07) is 6.89. The standard InChI is InChI=1S/C11H12N4O3/c1-15-10(12-13-14-15)7-18-9-4-2-8(3-5-9)6-11(16)17/h2-5H,6-7H2,1H3,(H,16,17). The number of benzene rings is 1. The molecule has 1 aromatic carbocycles. The third-order valence-corrected chi connectivity index (χ3v) is 2.35. The van der Waals surface area contributed by atoms with Crippen LogP contribution >= 0.6 is 0 Å². The van der Waals surface area contributed by atoms with Crippen molar-refractivity contribution in [3.63, 3.8) is 0 Å². The zero-order chi connectivity index (χ0) is 13.0. The average molecular weight is 248 g/mol. The van der Waals surface area contributed by atoms with Crippen LogP contribution in [-0.2, 0) is 24.9 Å². The maximum absolute atomic E-state index is 10.5. The molecular formula is C11H12N4O3. The van der Waals surface area contributed by atoms with Crippen molar-refractivity contribution in [2.75, 3.05) is 0 Å². The van der Waals surface area contributed by atoms with E-state index in [9.17, 15) is 4.79 Å². The van der Waals surface area contributed by atoms with Gasteiger partial charge in [-0.25, -0.2) is 4.68 Å². The number of hydrogen-bond donors (Lipinski definition) is 1. The zero-order valence-electron chi connectivity index (χ0n) is 9.78. The van der Waals surface area contributed by atoms with E-state index >= 15 is 0 Å². The van der Waals surface area contributed by atoms with Crippen LogP contribution in [0.3, 0.4) is 0 Å². The molecule has 0 bridgehead atoms. The van der Waals surface area contributed by atoms with Crippen LogP contribution < -0.4 is 4.74 Å². The van der Waals surface area contributed by atoms with E-state index in [0.29, 0.717) is 11.6 Å². The molecule has 1 aromatic heterocycles. The minimum Gasteiger partial charge on any atom is -0.486 e. The summed E-state index contributed by atoms with van der Waals surface area (Å²) in [5, 5.41) is 19.6. The number of aromatic nitrogens is 4. The first-order chi connectivity index (χ1) is 8.65. The fourth-order valence-corrected chi connectivity index (χ4v) is 1.40. The molecule has 7 heteroatoms. The highest BCUT2D eigenvalue weighted by atomic mass is 16.5. The van der Waals surface area contributed by atoms with Crippen LogP contribution in [0.1, 0.15) is 11.4 Å². The quantitative estimate of drug-likeness (QED) is 0.824. The van der Waals surface area contributed by atoms with Crippen LogP contribution in [0.2, 0.25) is 0 Å². The third-order valence-electron chi connectivity index (χ3n) is 2.35. The summed E-state index contributed by atoms with van der Waals surface area (Å²) < 4.78 is 7.01. The Morgan fingerprint density at radius 3 is 2.67 bits per heavy atom. The van der Waals surface area contributed by atoms with Crippen molar-refractivity contribution >= 4 is 5.97 Å². The molecule has 2 rings (SSSR count). The second-order valence-corrected chi connectivity index (χ2v) is 3.72. The Morgan fingerprint density at radius 1 is 1.39 bits per heavy atom. The van der Waals surface area contributed by atoms with Crippen molar-refractivity contribution in [1.82, 2.24) is 20.2 Å². The smallest absolute Gasteiger partial charge is 0.307 e. The van der Waals surface area contributed by atoms with Crippen LogP contribution in [0.15, 0.2) is 24.3 Å². The molecule has 0 atom stereocenters. The number of rotatable bonds is 5. The number of aryl methyl sites for hydroxylation is 1. The SMILES string of the molecule is Cn1nnnc1COc1ccc(CC(=O)O)cc1. The summed E-state index contributed by atoms with van der Waals surface area (Å²) in [7, 11) is 1.73. The van der Waals surface area contributed by atoms with Gasteiger partial charge in [0.25, 0.3) is 0 Å². The first kappa shape index (κ1) is 12.0. The second kappa shape index (κ2) is 5.26. The molecule has 0 aliphatic rings. The van der Waals surface area contributed by atoms with E-state index in [1.54, 1.807) is 31.3 Å². The van der Waals surface area contributed by atoms with Gasteiger partial charge in [-0.15, -0.1) is 5.10 Å². The van der Waals surface area contributed by atoms with Crippen LogP contribution in [0.25, 0.3) is 0 Å². The maximum atomic E-state index is 10.5. The fourth-order valence-electron chi connectivity index (χ4n) is 1.40. The maximum Gasteiger partial charge on any atom is 0.307 e. The molecule has 0 fully saturated rings. The summed E-state index contributed by atoms with van der Waals surface area (Å²) in [4.78, 5) is 10.5. The van der Waals surface area contributed by atoms with Gasteiger partial charge in [0.05, 0.1) is 6.42 Å². The van der Waals surface area contributed by atoms with Gasteiger partial charge in [-0.1, -0.05) is 12.1 Å². The van der Waals surface area contributed by atoms with Gasteiger partial charge < -0.3 is 9.84 Å². The summed E-state index contributed by atoms with van der Waals surface area (Å²) >= 11 is 0. The zero-order valence-corrected chi connectivity index (χ0v) is 9.78. The molecule has 0 aliphatic carbocycles. The molecule has 0 amide bonds. The summed E-state index contributed by atoms with van der Waals surface area (Å²) in [6.45, 7) is 0.266. The Hall–Kier alpha value is -2.44. The molecule has 1 heterocycles. The monoisotopic (exact) mass is 248 g/mol. The molecule has 18 heavy (non-hydrogen) atoms. The van der Waals surface area contributed by atoms with Crippen molar-refractivity contribution in [3.8, 4) is 5.75 Å². The predicted molar refractivity (Wildman–Crippen MR) is 60.9 cm³/mol. The first-order valence-electron chi connectivity index (χ1n) is 5.30. The van der Waals surface area contributed by atoms with Crippen molar-refractivity contribution in [2.45, 2.75) is 13.0 Å². The minimum atomic E-state index is -0.853. The lowest BCUT2D eigenvalue weighted by Crippen LogP contribution is -2.04. The van der Waals surface area contributed by atoms with Crippen molar-refractivity contribution in [3.05, 3.63) is 35.7 Å². The summed E-state index contributed by atoms with van der Waals surface area (Å²) in [6.07, 6.45) is 0.00743. The number of carbonyl (C=O) groups is 1. The van der Waals surface area contributed by atoms with E-state index in [2.05, 4.69) is 15.5 Å². The van der Waals surface area contributed by atoms with E-state index < -0.39 is 5.97 Å². The summed E-state index contributed by atoms with van der Waals surface area (Å²) in [5.74, 6) is 0.408. The molecule has 0 saturated heterocycles. The number of hydrogen-bond acceptors (Lipinski definition) is 5. The number of carboxylic acids is 1. The van der Waals surface area contributed by atoms with Gasteiger partial charge >= 0.3 is 5.97 Å². The topological polar surface area (TPSA) is 90.1 Å². The minimum absolute atomic E-state index is 0.00743. The summed E-state index contributed by atoms with van der Waals surface area (Å²) in [5.41, 5.74) is 0.732. The largest absolute Gasteiger partial charge is 0.486 e. The Bertz CT molecular complexity index is 535. The molecule has 94 valence electrons. The predicted octanol–water partition coefficient (Wildman–Crippen LogP) is 0.416. The van der Waals surface area contributed by atoms with Gasteiger partial charge in [0.15, 0.2) is 5.82 Å². The Morgan fingerprint density at radius 2 is 2.11 bits per heavy atom. The molecule has 1 N–H and O–H groups in total. The van der Waals surface area contributed by atoms with E-state index in [-0.39, 0.29) is 13.0 Å². The lowest BCUT2D eigenvalue weighted by Gasteiger charge is -2.05. The normalized spacial score (nSPS) is 10.3. The number of nitrogens with zero attached hydrogens (tertiary/aromatic N) is 4. The van der Waals surface area contributed by atoms with Gasteiger partial charge in [0.2, 0.25) is 0 Å². The molecule has 0 saturated carbocycles. The van der Waals surface area contributed by atoms with Crippen LogP contribution in [0, 0.1) is 0 Å². The molecular weight excluding hydrogens is 236 g/mol. The number of aliphatic carboxylic acids is 1. The van der Waals surface area contributed by atoms with Crippen LogP contribution in [-0.4, -0.2) is 31.3 Å². The van der Waals surface area contributed by atoms with Gasteiger partial charge in [0.1, 0.15) is 12.4 Å². The van der Waals surface area contributed by atoms with Crippen LogP contribution in [0.5, 0.6) is 5.75 Å². The van der Waals surface area contributed by atoms with Gasteiger partial charge in [-0.2, -0.15) is 0 Å². The Kier molecular flexibility index (Phi) is 3.52. The molecule has 0 spiro atoms. The molecule has 7 nitrogen and oxygen atoms in total. The fraction of sp³-hybridized carbons (Fsp3) is 0.273. The first-order valence-corrected chi connectivity index (χ1v) is 5.30. The molecule has 2 aromatic rings. The average Bonchev–Trinajstić information content (AvgIpc) is 2.73. The number of tetrazole rings is 1. The van der Waals surface area contributed by atoms with Crippen molar-refractivity contribution < 1.29 is 14.6 Å². The Labute approximate surface area is 103 Å². The van der Waals surface area contributed by atoms with Crippen LogP contribution in [0.4, 0.5) is 0 Å². The van der Waals surface area contributed by atoms with Gasteiger partial charge in [-0.05, 0) is 28.1 Å². The number of ether oxygens (including phenoxy) is 1. The van der Waals surface area contributed by atoms with E-state index in [1.165, 1.54) is 4.68 Å². The van der Waals surface area contributed by atoms with E-state index in [1.807, 2.05) is 0 Å². The molecule has 0 radical (unpaired) electrons. The molecule has 0 aliphatic heterocycles. The Balaban J connectivity index is 1.94. The second-order valence-electron chi connectivity index (χ2n) is 3.72. The van der Waals surface area contributed by atoms with E-state index in [0.717, 1.165) is 5.56 Å². The highest BCUT2D eigenvalue weighted by Crippen LogP contribution is 2.13. The number of carboxylic acid groups (broad SMARTS) is 1. The third kappa shape index (κ3) is 3.03. The molecule has 0 unspecified atom stereocenters. The lowest BCUT2D eigenvalue weighted by molar-refractivity contribution is -0.136. The highest BCUT2D eigenvalue weighted by Gasteiger charge is 2.04. The van der Waals surface area contributed by atoms with E-state index in [4.69, 9.17) is 9.84 Å². The lowest BCUT2D eigenvalue weighted by atomic mass is 10.1. The van der Waals surface area contributed by atoms with Gasteiger partial charge in [-0.3, -0.25) is 4.79 Å². The van der Waals surface area contributed by atoms with Crippen molar-refractivity contribution in [1.29, 1.82) is 0 Å². The highest BCUT2D eigenvalue weighted by molar-refractivity contribution is 5.70. The van der Waals surface area contributed by atoms with Crippen molar-refractivity contribution in [2.24, 2.45) is 7.05 Å². The van der Waals surface area contributed by atoms with Gasteiger partial charge in [0, 0.05) is 7.05 Å².